The molecule has 0 saturated carbocycles. The Morgan fingerprint density at radius 3 is 2.65 bits per heavy atom. The van der Waals surface area contributed by atoms with Crippen LogP contribution in [0.5, 0.6) is 17.2 Å². The summed E-state index contributed by atoms with van der Waals surface area (Å²) in [5, 5.41) is 10.1. The van der Waals surface area contributed by atoms with Gasteiger partial charge >= 0.3 is 0 Å². The Labute approximate surface area is 149 Å². The molecule has 0 radical (unpaired) electrons. The number of H-pyrrole nitrogens is 1. The molecule has 8 nitrogen and oxygen atoms in total. The van der Waals surface area contributed by atoms with Gasteiger partial charge in [-0.05, 0) is 35.9 Å². The van der Waals surface area contributed by atoms with Crippen LogP contribution in [0.15, 0.2) is 42.5 Å². The number of nitrogens with zero attached hydrogens (tertiary/aromatic N) is 2. The summed E-state index contributed by atoms with van der Waals surface area (Å²) in [7, 11) is 3.15. The molecule has 0 fully saturated rings. The van der Waals surface area contributed by atoms with Gasteiger partial charge in [0, 0.05) is 5.56 Å². The maximum Gasteiger partial charge on any atom is 0.271 e. The van der Waals surface area contributed by atoms with E-state index < -0.39 is 5.91 Å². The molecule has 26 heavy (non-hydrogen) atoms. The second-order valence-corrected chi connectivity index (χ2v) is 5.39. The molecule has 1 amide bonds. The van der Waals surface area contributed by atoms with Crippen molar-refractivity contribution in [2.75, 3.05) is 14.2 Å². The number of rotatable bonds is 7. The number of ether oxygens (including phenoxy) is 3. The van der Waals surface area contributed by atoms with Gasteiger partial charge in [0.05, 0.1) is 14.2 Å². The zero-order valence-electron chi connectivity index (χ0n) is 14.4. The van der Waals surface area contributed by atoms with Crippen molar-refractivity contribution in [2.45, 2.75) is 6.61 Å². The van der Waals surface area contributed by atoms with E-state index in [0.29, 0.717) is 29.4 Å². The van der Waals surface area contributed by atoms with E-state index in [9.17, 15) is 4.79 Å². The lowest BCUT2D eigenvalue weighted by atomic mass is 10.1. The molecule has 0 spiro atoms. The first-order chi connectivity index (χ1) is 12.6. The number of carbonyl (C=O) groups is 1. The normalized spacial score (nSPS) is 10.4. The molecule has 0 atom stereocenters. The summed E-state index contributed by atoms with van der Waals surface area (Å²) < 4.78 is 16.4. The number of nitrogens with one attached hydrogen (secondary N) is 1. The van der Waals surface area contributed by atoms with E-state index in [-0.39, 0.29) is 5.69 Å². The molecule has 0 bridgehead atoms. The number of carbonyl (C=O) groups excluding carboxylic acids is 1. The standard InChI is InChI=1S/C18H18N4O4/c1-24-13-5-3-4-11(8-13)10-26-14-7-6-12(9-15(14)25-2)16-17(18(19)23)21-22-20-16/h3-9H,10H2,1-2H3,(H2,19,23)(H,20,21,22). The molecule has 3 N–H and O–H groups in total. The van der Waals surface area contributed by atoms with Crippen LogP contribution in [0.25, 0.3) is 11.3 Å². The molecular formula is C18H18N4O4. The predicted molar refractivity (Wildman–Crippen MR) is 94.2 cm³/mol. The SMILES string of the molecule is COc1cccc(COc2ccc(-c3n[nH]nc3C(N)=O)cc2OC)c1. The first-order valence-corrected chi connectivity index (χ1v) is 7.77. The molecule has 8 heteroatoms. The van der Waals surface area contributed by atoms with Crippen molar-refractivity contribution >= 4 is 5.91 Å². The third-order valence-electron chi connectivity index (χ3n) is 3.75. The number of nitrogens with two attached hydrogens (primary N) is 1. The van der Waals surface area contributed by atoms with Gasteiger partial charge in [-0.25, -0.2) is 0 Å². The number of methoxy groups -OCH3 is 2. The van der Waals surface area contributed by atoms with E-state index in [1.165, 1.54) is 7.11 Å². The van der Waals surface area contributed by atoms with Crippen LogP contribution in [-0.2, 0) is 6.61 Å². The van der Waals surface area contributed by atoms with E-state index in [2.05, 4.69) is 15.4 Å². The van der Waals surface area contributed by atoms with Crippen molar-refractivity contribution in [1.82, 2.24) is 15.4 Å². The molecule has 0 unspecified atom stereocenters. The molecule has 0 aliphatic carbocycles. The highest BCUT2D eigenvalue weighted by Crippen LogP contribution is 2.33. The highest BCUT2D eigenvalue weighted by Gasteiger charge is 2.17. The summed E-state index contributed by atoms with van der Waals surface area (Å²) in [5.41, 5.74) is 7.33. The maximum absolute atomic E-state index is 11.4. The summed E-state index contributed by atoms with van der Waals surface area (Å²) in [6.07, 6.45) is 0. The molecule has 134 valence electrons. The van der Waals surface area contributed by atoms with E-state index in [4.69, 9.17) is 19.9 Å². The number of primary amides is 1. The average molecular weight is 354 g/mol. The summed E-state index contributed by atoms with van der Waals surface area (Å²) in [5.74, 6) is 1.16. The highest BCUT2D eigenvalue weighted by atomic mass is 16.5. The van der Waals surface area contributed by atoms with Crippen LogP contribution in [0.4, 0.5) is 0 Å². The lowest BCUT2D eigenvalue weighted by Gasteiger charge is -2.12. The van der Waals surface area contributed by atoms with Crippen LogP contribution in [-0.4, -0.2) is 35.5 Å². The smallest absolute Gasteiger partial charge is 0.271 e. The van der Waals surface area contributed by atoms with Crippen LogP contribution < -0.4 is 19.9 Å². The number of aromatic nitrogens is 3. The molecule has 0 aliphatic rings. The van der Waals surface area contributed by atoms with Gasteiger partial charge in [-0.15, -0.1) is 0 Å². The van der Waals surface area contributed by atoms with Crippen molar-refractivity contribution in [1.29, 1.82) is 0 Å². The molecule has 0 aliphatic heterocycles. The molecule has 2 aromatic carbocycles. The fourth-order valence-corrected chi connectivity index (χ4v) is 2.46. The molecule has 3 aromatic rings. The van der Waals surface area contributed by atoms with Crippen molar-refractivity contribution in [3.63, 3.8) is 0 Å². The number of aromatic amines is 1. The number of hydrogen-bond donors (Lipinski definition) is 2. The van der Waals surface area contributed by atoms with Crippen LogP contribution in [0.3, 0.4) is 0 Å². The summed E-state index contributed by atoms with van der Waals surface area (Å²) in [4.78, 5) is 11.4. The third-order valence-corrected chi connectivity index (χ3v) is 3.75. The zero-order valence-corrected chi connectivity index (χ0v) is 14.4. The summed E-state index contributed by atoms with van der Waals surface area (Å²) in [6.45, 7) is 0.351. The Balaban J connectivity index is 1.82. The van der Waals surface area contributed by atoms with Gasteiger partial charge in [-0.2, -0.15) is 15.4 Å². The van der Waals surface area contributed by atoms with Crippen molar-refractivity contribution in [3.8, 4) is 28.5 Å². The fourth-order valence-electron chi connectivity index (χ4n) is 2.46. The van der Waals surface area contributed by atoms with E-state index in [0.717, 1.165) is 11.3 Å². The number of benzene rings is 2. The van der Waals surface area contributed by atoms with Gasteiger partial charge in [0.1, 0.15) is 18.1 Å². The van der Waals surface area contributed by atoms with Crippen molar-refractivity contribution in [3.05, 3.63) is 53.7 Å². The van der Waals surface area contributed by atoms with Crippen molar-refractivity contribution < 1.29 is 19.0 Å². The summed E-state index contributed by atoms with van der Waals surface area (Å²) >= 11 is 0. The first-order valence-electron chi connectivity index (χ1n) is 7.77. The fraction of sp³-hybridized carbons (Fsp3) is 0.167. The van der Waals surface area contributed by atoms with E-state index >= 15 is 0 Å². The number of hydrogen-bond acceptors (Lipinski definition) is 6. The van der Waals surface area contributed by atoms with Crippen LogP contribution in [0.1, 0.15) is 16.1 Å². The molecule has 1 aromatic heterocycles. The Morgan fingerprint density at radius 1 is 1.08 bits per heavy atom. The van der Waals surface area contributed by atoms with Gasteiger partial charge in [0.2, 0.25) is 0 Å². The molecule has 1 heterocycles. The van der Waals surface area contributed by atoms with Gasteiger partial charge in [-0.1, -0.05) is 12.1 Å². The van der Waals surface area contributed by atoms with Gasteiger partial charge in [0.15, 0.2) is 17.2 Å². The quantitative estimate of drug-likeness (QED) is 0.672. The lowest BCUT2D eigenvalue weighted by Crippen LogP contribution is -2.12. The first kappa shape index (κ1) is 17.3. The largest absolute Gasteiger partial charge is 0.497 e. The topological polar surface area (TPSA) is 112 Å². The van der Waals surface area contributed by atoms with Crippen LogP contribution in [0.2, 0.25) is 0 Å². The second-order valence-electron chi connectivity index (χ2n) is 5.39. The van der Waals surface area contributed by atoms with Gasteiger partial charge in [0.25, 0.3) is 5.91 Å². The van der Waals surface area contributed by atoms with Crippen LogP contribution >= 0.6 is 0 Å². The predicted octanol–water partition coefficient (Wildman–Crippen LogP) is 2.17. The summed E-state index contributed by atoms with van der Waals surface area (Å²) in [6, 6.07) is 12.8. The molecular weight excluding hydrogens is 336 g/mol. The molecule has 3 rings (SSSR count). The van der Waals surface area contributed by atoms with E-state index in [1.54, 1.807) is 25.3 Å². The van der Waals surface area contributed by atoms with Crippen LogP contribution in [0, 0.1) is 0 Å². The third kappa shape index (κ3) is 3.59. The Bertz CT molecular complexity index is 923. The minimum absolute atomic E-state index is 0.0668. The highest BCUT2D eigenvalue weighted by molar-refractivity contribution is 5.96. The number of amides is 1. The molecule has 0 saturated heterocycles. The minimum Gasteiger partial charge on any atom is -0.497 e. The Morgan fingerprint density at radius 2 is 1.92 bits per heavy atom. The average Bonchev–Trinajstić information content (AvgIpc) is 3.16. The lowest BCUT2D eigenvalue weighted by molar-refractivity contribution is 0.0996. The monoisotopic (exact) mass is 354 g/mol. The zero-order chi connectivity index (χ0) is 18.5. The Kier molecular flexibility index (Phi) is 5.02. The second kappa shape index (κ2) is 7.56. The van der Waals surface area contributed by atoms with Gasteiger partial charge in [-0.3, -0.25) is 4.79 Å². The van der Waals surface area contributed by atoms with E-state index in [1.807, 2.05) is 24.3 Å². The maximum atomic E-state index is 11.4. The Hall–Kier alpha value is -3.55. The minimum atomic E-state index is -0.661. The van der Waals surface area contributed by atoms with Gasteiger partial charge < -0.3 is 19.9 Å². The van der Waals surface area contributed by atoms with Crippen molar-refractivity contribution in [2.24, 2.45) is 5.73 Å².